The second kappa shape index (κ2) is 9.21. The van der Waals surface area contributed by atoms with Crippen molar-refractivity contribution in [3.8, 4) is 5.75 Å². The van der Waals surface area contributed by atoms with Gasteiger partial charge in [-0.15, -0.1) is 0 Å². The highest BCUT2D eigenvalue weighted by Crippen LogP contribution is 2.33. The van der Waals surface area contributed by atoms with Gasteiger partial charge in [-0.2, -0.15) is 0 Å². The van der Waals surface area contributed by atoms with Crippen LogP contribution in [0.25, 0.3) is 6.08 Å². The molecule has 1 N–H and O–H groups in total. The minimum atomic E-state index is -0.519. The molecule has 0 aromatic heterocycles. The summed E-state index contributed by atoms with van der Waals surface area (Å²) in [7, 11) is 0. The maximum Gasteiger partial charge on any atom is 0.415 e. The van der Waals surface area contributed by atoms with Crippen LogP contribution in [0, 0.1) is 5.82 Å². The molecule has 0 unspecified atom stereocenters. The molecule has 3 aliphatic heterocycles. The lowest BCUT2D eigenvalue weighted by molar-refractivity contribution is 0.0415. The number of carbonyl (C=O) groups is 1. The van der Waals surface area contributed by atoms with Crippen molar-refractivity contribution in [2.24, 2.45) is 4.99 Å². The number of morpholine rings is 1. The van der Waals surface area contributed by atoms with Crippen LogP contribution in [-0.2, 0) is 4.74 Å². The van der Waals surface area contributed by atoms with Crippen molar-refractivity contribution in [3.05, 3.63) is 34.5 Å². The Balaban J connectivity index is 1.51. The number of amides is 1. The lowest BCUT2D eigenvalue weighted by atomic mass is 10.2. The molecule has 0 saturated carbocycles. The number of thioether (sulfide) groups is 1. The maximum atomic E-state index is 13.8. The Bertz CT molecular complexity index is 865. The van der Waals surface area contributed by atoms with Gasteiger partial charge in [0, 0.05) is 37.8 Å². The van der Waals surface area contributed by atoms with Crippen LogP contribution in [0.3, 0.4) is 0 Å². The molecule has 1 amide bonds. The second-order valence-corrected chi connectivity index (χ2v) is 8.12. The lowest BCUT2D eigenvalue weighted by Gasteiger charge is -2.28. The van der Waals surface area contributed by atoms with Gasteiger partial charge in [-0.05, 0) is 42.8 Å². The van der Waals surface area contributed by atoms with E-state index in [1.54, 1.807) is 17.0 Å². The highest BCUT2D eigenvalue weighted by atomic mass is 32.2. The summed E-state index contributed by atoms with van der Waals surface area (Å²) in [5, 5.41) is 2.81. The highest BCUT2D eigenvalue weighted by Gasteiger charge is 2.26. The van der Waals surface area contributed by atoms with E-state index in [2.05, 4.69) is 10.4 Å². The molecule has 3 aliphatic rings. The molecule has 2 fully saturated rings. The maximum absolute atomic E-state index is 13.8. The largest absolute Gasteiger partial charge is 0.415 e. The molecule has 0 bridgehead atoms. The van der Waals surface area contributed by atoms with Gasteiger partial charge in [0.1, 0.15) is 16.6 Å². The standard InChI is InChI=1S/C19H21FN4O3S2/c20-14-4-3-13(15(12-14)27-19(25)23-7-9-26-10-8-23)11-16-17(28)22-18(29-16)24-6-2-1-5-21-24/h3-4,11-12,21H,1-2,5-10H2/b16-11-. The van der Waals surface area contributed by atoms with E-state index in [0.29, 0.717) is 36.9 Å². The molecule has 7 nitrogen and oxygen atoms in total. The van der Waals surface area contributed by atoms with Gasteiger partial charge in [-0.3, -0.25) is 5.01 Å². The zero-order valence-corrected chi connectivity index (χ0v) is 17.4. The predicted octanol–water partition coefficient (Wildman–Crippen LogP) is 3.03. The fourth-order valence-corrected chi connectivity index (χ4v) is 4.37. The van der Waals surface area contributed by atoms with E-state index in [4.69, 9.17) is 21.7 Å². The average molecular weight is 437 g/mol. The second-order valence-electron chi connectivity index (χ2n) is 6.73. The summed E-state index contributed by atoms with van der Waals surface area (Å²) in [4.78, 5) is 19.7. The summed E-state index contributed by atoms with van der Waals surface area (Å²) in [5.41, 5.74) is 3.88. The molecular weight excluding hydrogens is 415 g/mol. The van der Waals surface area contributed by atoms with Crippen LogP contribution in [-0.4, -0.2) is 65.6 Å². The normalized spacial score (nSPS) is 21.5. The number of aliphatic imine (C=N–C) groups is 1. The Hall–Kier alpha value is -2.01. The molecule has 29 heavy (non-hydrogen) atoms. The first-order chi connectivity index (χ1) is 14.1. The van der Waals surface area contributed by atoms with E-state index in [1.807, 2.05) is 5.01 Å². The number of thiocarbonyl (C=S) groups is 1. The SMILES string of the molecule is O=C(Oc1cc(F)ccc1/C=C1\SC(N2CCCCN2)=NC1=S)N1CCOCC1. The molecule has 0 spiro atoms. The molecule has 3 heterocycles. The van der Waals surface area contributed by atoms with Crippen LogP contribution in [0.2, 0.25) is 0 Å². The molecule has 0 atom stereocenters. The monoisotopic (exact) mass is 436 g/mol. The molecule has 154 valence electrons. The number of hydrazine groups is 1. The van der Waals surface area contributed by atoms with Crippen molar-refractivity contribution >= 4 is 46.3 Å². The summed E-state index contributed by atoms with van der Waals surface area (Å²) in [6, 6.07) is 4.11. The molecular formula is C19H21FN4O3S2. The quantitative estimate of drug-likeness (QED) is 0.565. The summed E-state index contributed by atoms with van der Waals surface area (Å²) >= 11 is 6.86. The summed E-state index contributed by atoms with van der Waals surface area (Å²) in [6.45, 7) is 3.61. The molecule has 0 radical (unpaired) electrons. The molecule has 4 rings (SSSR count). The number of hydrogen-bond acceptors (Lipinski definition) is 7. The third kappa shape index (κ3) is 4.95. The van der Waals surface area contributed by atoms with E-state index in [-0.39, 0.29) is 5.75 Å². The van der Waals surface area contributed by atoms with Gasteiger partial charge >= 0.3 is 6.09 Å². The number of nitrogens with one attached hydrogen (secondary N) is 1. The van der Waals surface area contributed by atoms with Crippen molar-refractivity contribution in [1.82, 2.24) is 15.3 Å². The van der Waals surface area contributed by atoms with Crippen molar-refractivity contribution in [2.45, 2.75) is 12.8 Å². The first-order valence-corrected chi connectivity index (χ1v) is 10.7. The van der Waals surface area contributed by atoms with Gasteiger partial charge in [-0.1, -0.05) is 12.2 Å². The van der Waals surface area contributed by atoms with Gasteiger partial charge in [0.05, 0.1) is 18.1 Å². The predicted molar refractivity (Wildman–Crippen MR) is 114 cm³/mol. The number of ether oxygens (including phenoxy) is 2. The average Bonchev–Trinajstić information content (AvgIpc) is 3.11. The third-order valence-electron chi connectivity index (χ3n) is 4.68. The first kappa shape index (κ1) is 20.3. The fraction of sp³-hybridized carbons (Fsp3) is 0.421. The zero-order chi connectivity index (χ0) is 20.2. The minimum absolute atomic E-state index is 0.155. The number of benzene rings is 1. The van der Waals surface area contributed by atoms with Crippen LogP contribution >= 0.6 is 24.0 Å². The number of nitrogens with zero attached hydrogens (tertiary/aromatic N) is 3. The number of halogens is 1. The minimum Gasteiger partial charge on any atom is -0.409 e. The van der Waals surface area contributed by atoms with Gasteiger partial charge < -0.3 is 14.4 Å². The molecule has 1 aromatic rings. The molecule has 1 aromatic carbocycles. The third-order valence-corrected chi connectivity index (χ3v) is 6.15. The van der Waals surface area contributed by atoms with E-state index in [1.165, 1.54) is 23.9 Å². The van der Waals surface area contributed by atoms with E-state index >= 15 is 0 Å². The number of rotatable bonds is 2. The van der Waals surface area contributed by atoms with Gasteiger partial charge in [-0.25, -0.2) is 19.6 Å². The van der Waals surface area contributed by atoms with Crippen molar-refractivity contribution < 1.29 is 18.7 Å². The van der Waals surface area contributed by atoms with Crippen LogP contribution in [0.1, 0.15) is 18.4 Å². The summed E-state index contributed by atoms with van der Waals surface area (Å²) in [5.74, 6) is -0.324. The van der Waals surface area contributed by atoms with Crippen molar-refractivity contribution in [1.29, 1.82) is 0 Å². The summed E-state index contributed by atoms with van der Waals surface area (Å²) < 4.78 is 24.6. The van der Waals surface area contributed by atoms with Crippen LogP contribution in [0.5, 0.6) is 5.75 Å². The molecule has 2 saturated heterocycles. The Morgan fingerprint density at radius 1 is 1.31 bits per heavy atom. The topological polar surface area (TPSA) is 66.4 Å². The molecule has 10 heteroatoms. The van der Waals surface area contributed by atoms with Crippen molar-refractivity contribution in [3.63, 3.8) is 0 Å². The van der Waals surface area contributed by atoms with Crippen LogP contribution < -0.4 is 10.2 Å². The van der Waals surface area contributed by atoms with Gasteiger partial charge in [0.15, 0.2) is 5.17 Å². The Labute approximate surface area is 177 Å². The number of carbonyl (C=O) groups excluding carboxylic acids is 1. The Morgan fingerprint density at radius 2 is 2.14 bits per heavy atom. The van der Waals surface area contributed by atoms with Crippen LogP contribution in [0.15, 0.2) is 28.1 Å². The summed E-state index contributed by atoms with van der Waals surface area (Å²) in [6.07, 6.45) is 3.50. The van der Waals surface area contributed by atoms with Crippen LogP contribution in [0.4, 0.5) is 9.18 Å². The van der Waals surface area contributed by atoms with Gasteiger partial charge in [0.2, 0.25) is 0 Å². The van der Waals surface area contributed by atoms with E-state index in [0.717, 1.165) is 36.0 Å². The van der Waals surface area contributed by atoms with Crippen molar-refractivity contribution in [2.75, 3.05) is 39.4 Å². The molecule has 0 aliphatic carbocycles. The smallest absolute Gasteiger partial charge is 0.409 e. The van der Waals surface area contributed by atoms with Gasteiger partial charge in [0.25, 0.3) is 0 Å². The Kier molecular flexibility index (Phi) is 6.43. The van der Waals surface area contributed by atoms with E-state index < -0.39 is 11.9 Å². The first-order valence-electron chi connectivity index (χ1n) is 9.48. The number of hydrogen-bond donors (Lipinski definition) is 1. The fourth-order valence-electron chi connectivity index (χ4n) is 3.13. The zero-order valence-electron chi connectivity index (χ0n) is 15.7. The van der Waals surface area contributed by atoms with E-state index in [9.17, 15) is 9.18 Å². The number of amidine groups is 1. The lowest BCUT2D eigenvalue weighted by Crippen LogP contribution is -2.45. The Morgan fingerprint density at radius 3 is 2.90 bits per heavy atom. The highest BCUT2D eigenvalue weighted by molar-refractivity contribution is 8.19.